The lowest BCUT2D eigenvalue weighted by atomic mass is 10.3. The van der Waals surface area contributed by atoms with E-state index in [2.05, 4.69) is 30.1 Å². The molecule has 0 fully saturated rings. The summed E-state index contributed by atoms with van der Waals surface area (Å²) in [6, 6.07) is 8.97. The van der Waals surface area contributed by atoms with E-state index in [4.69, 9.17) is 5.53 Å². The van der Waals surface area contributed by atoms with Crippen molar-refractivity contribution in [3.63, 3.8) is 0 Å². The first-order valence-electron chi connectivity index (χ1n) is 6.56. The van der Waals surface area contributed by atoms with Gasteiger partial charge in [0.1, 0.15) is 11.5 Å². The third-order valence-electron chi connectivity index (χ3n) is 2.97. The lowest BCUT2D eigenvalue weighted by Crippen LogP contribution is -2.04. The van der Waals surface area contributed by atoms with Crippen LogP contribution >= 0.6 is 0 Å². The second-order valence-electron chi connectivity index (χ2n) is 4.65. The van der Waals surface area contributed by atoms with Crippen LogP contribution in [0.5, 0.6) is 0 Å². The van der Waals surface area contributed by atoms with E-state index in [0.717, 1.165) is 11.4 Å². The number of pyridine rings is 1. The monoisotopic (exact) mass is 292 g/mol. The molecule has 0 aromatic carbocycles. The van der Waals surface area contributed by atoms with Crippen molar-refractivity contribution in [2.24, 2.45) is 5.11 Å². The Morgan fingerprint density at radius 2 is 2.05 bits per heavy atom. The second-order valence-corrected chi connectivity index (χ2v) is 4.65. The lowest BCUT2D eigenvalue weighted by molar-refractivity contribution is 0.802. The number of azide groups is 1. The Morgan fingerprint density at radius 1 is 1.18 bits per heavy atom. The van der Waals surface area contributed by atoms with E-state index in [0.29, 0.717) is 17.3 Å². The maximum Gasteiger partial charge on any atom is 0.180 e. The van der Waals surface area contributed by atoms with Gasteiger partial charge in [-0.15, -0.1) is 0 Å². The molecule has 0 aliphatic carbocycles. The Hall–Kier alpha value is -3.25. The second kappa shape index (κ2) is 5.63. The zero-order valence-corrected chi connectivity index (χ0v) is 12.0. The van der Waals surface area contributed by atoms with Gasteiger partial charge < -0.3 is 0 Å². The molecule has 0 spiro atoms. The van der Waals surface area contributed by atoms with Crippen molar-refractivity contribution >= 4 is 5.82 Å². The van der Waals surface area contributed by atoms with Crippen LogP contribution in [0.25, 0.3) is 27.8 Å². The molecule has 0 N–H and O–H groups in total. The minimum atomic E-state index is 0.223. The molecule has 0 bridgehead atoms. The summed E-state index contributed by atoms with van der Waals surface area (Å²) in [6.07, 6.45) is 1.65. The van der Waals surface area contributed by atoms with E-state index in [-0.39, 0.29) is 5.82 Å². The van der Waals surface area contributed by atoms with E-state index in [9.17, 15) is 0 Å². The van der Waals surface area contributed by atoms with Gasteiger partial charge in [0.05, 0.1) is 5.69 Å². The first-order chi connectivity index (χ1) is 10.7. The normalized spacial score (nSPS) is 10.3. The van der Waals surface area contributed by atoms with Gasteiger partial charge in [0.15, 0.2) is 11.6 Å². The summed E-state index contributed by atoms with van der Waals surface area (Å²) in [5.74, 6) is 1.14. The van der Waals surface area contributed by atoms with Gasteiger partial charge in [0.25, 0.3) is 0 Å². The molecule has 8 nitrogen and oxygen atoms in total. The molecule has 22 heavy (non-hydrogen) atoms. The Kier molecular flexibility index (Phi) is 3.51. The molecular weight excluding hydrogens is 280 g/mol. The molecule has 108 valence electrons. The van der Waals surface area contributed by atoms with Crippen LogP contribution in [0, 0.1) is 13.8 Å². The predicted molar refractivity (Wildman–Crippen MR) is 80.7 cm³/mol. The number of hydrogen-bond donors (Lipinski definition) is 0. The third-order valence-corrected chi connectivity index (χ3v) is 2.97. The minimum Gasteiger partial charge on any atom is -0.253 e. The van der Waals surface area contributed by atoms with Crippen LogP contribution in [0.1, 0.15) is 11.4 Å². The molecule has 0 radical (unpaired) electrons. The van der Waals surface area contributed by atoms with Gasteiger partial charge in [-0.05, 0) is 42.7 Å². The molecule has 0 saturated heterocycles. The van der Waals surface area contributed by atoms with E-state index in [1.165, 1.54) is 0 Å². The van der Waals surface area contributed by atoms with Crippen LogP contribution in [0.3, 0.4) is 0 Å². The SMILES string of the molecule is Cc1cc(C)n(-c2cc(N=[N+]=[N-])nc(-c3ccccn3)n2)n1. The molecule has 0 aliphatic rings. The summed E-state index contributed by atoms with van der Waals surface area (Å²) in [5, 5.41) is 7.96. The number of nitrogens with zero attached hydrogens (tertiary/aromatic N) is 8. The molecule has 0 aliphatic heterocycles. The maximum absolute atomic E-state index is 8.66. The van der Waals surface area contributed by atoms with Crippen LogP contribution < -0.4 is 0 Å². The van der Waals surface area contributed by atoms with Crippen molar-refractivity contribution in [3.05, 3.63) is 58.4 Å². The largest absolute Gasteiger partial charge is 0.253 e. The molecule has 3 aromatic heterocycles. The average molecular weight is 292 g/mol. The highest BCUT2D eigenvalue weighted by Gasteiger charge is 2.11. The minimum absolute atomic E-state index is 0.223. The van der Waals surface area contributed by atoms with Crippen LogP contribution in [0.4, 0.5) is 5.82 Å². The molecule has 0 amide bonds. The third kappa shape index (κ3) is 2.63. The van der Waals surface area contributed by atoms with Crippen molar-refractivity contribution in [1.82, 2.24) is 24.7 Å². The highest BCUT2D eigenvalue weighted by molar-refractivity contribution is 5.53. The first-order valence-corrected chi connectivity index (χ1v) is 6.56. The summed E-state index contributed by atoms with van der Waals surface area (Å²) < 4.78 is 1.68. The summed E-state index contributed by atoms with van der Waals surface area (Å²) in [5.41, 5.74) is 11.1. The number of aryl methyl sites for hydroxylation is 2. The van der Waals surface area contributed by atoms with Crippen molar-refractivity contribution in [3.8, 4) is 17.3 Å². The van der Waals surface area contributed by atoms with Gasteiger partial charge in [-0.25, -0.2) is 14.6 Å². The zero-order chi connectivity index (χ0) is 15.5. The van der Waals surface area contributed by atoms with Gasteiger partial charge in [0.2, 0.25) is 0 Å². The number of rotatable bonds is 3. The molecule has 0 atom stereocenters. The van der Waals surface area contributed by atoms with E-state index >= 15 is 0 Å². The topological polar surface area (TPSA) is 105 Å². The van der Waals surface area contributed by atoms with E-state index < -0.39 is 0 Å². The molecule has 3 aromatic rings. The van der Waals surface area contributed by atoms with Gasteiger partial charge in [-0.3, -0.25) is 4.98 Å². The van der Waals surface area contributed by atoms with Gasteiger partial charge in [-0.1, -0.05) is 6.07 Å². The maximum atomic E-state index is 8.66. The van der Waals surface area contributed by atoms with Crippen LogP contribution in [0.2, 0.25) is 0 Å². The highest BCUT2D eigenvalue weighted by Crippen LogP contribution is 2.20. The molecule has 0 saturated carbocycles. The molecule has 0 unspecified atom stereocenters. The lowest BCUT2D eigenvalue weighted by Gasteiger charge is -2.07. The summed E-state index contributed by atoms with van der Waals surface area (Å²) in [7, 11) is 0. The number of hydrogen-bond acceptors (Lipinski definition) is 5. The fourth-order valence-corrected chi connectivity index (χ4v) is 2.10. The van der Waals surface area contributed by atoms with Crippen molar-refractivity contribution in [2.75, 3.05) is 0 Å². The Labute approximate surface area is 126 Å². The van der Waals surface area contributed by atoms with Crippen molar-refractivity contribution in [1.29, 1.82) is 0 Å². The van der Waals surface area contributed by atoms with Gasteiger partial charge in [-0.2, -0.15) is 5.10 Å². The van der Waals surface area contributed by atoms with E-state index in [1.807, 2.05) is 32.0 Å². The van der Waals surface area contributed by atoms with Crippen LogP contribution in [-0.2, 0) is 0 Å². The highest BCUT2D eigenvalue weighted by atomic mass is 15.3. The zero-order valence-electron chi connectivity index (χ0n) is 12.0. The Morgan fingerprint density at radius 3 is 2.68 bits per heavy atom. The Balaban J connectivity index is 2.20. The number of aromatic nitrogens is 5. The van der Waals surface area contributed by atoms with Gasteiger partial charge >= 0.3 is 0 Å². The molecule has 3 rings (SSSR count). The Bertz CT molecular complexity index is 862. The van der Waals surface area contributed by atoms with Crippen LogP contribution in [0.15, 0.2) is 41.6 Å². The predicted octanol–water partition coefficient (Wildman–Crippen LogP) is 3.28. The van der Waals surface area contributed by atoms with Gasteiger partial charge in [0, 0.05) is 22.9 Å². The standard InChI is InChI=1S/C14H12N8/c1-9-7-10(2)22(20-9)13-8-12(19-21-15)17-14(18-13)11-5-3-4-6-16-11/h3-8H,1-2H3. The summed E-state index contributed by atoms with van der Waals surface area (Å²) in [6.45, 7) is 3.83. The smallest absolute Gasteiger partial charge is 0.180 e. The molecule has 3 heterocycles. The quantitative estimate of drug-likeness (QED) is 0.419. The van der Waals surface area contributed by atoms with E-state index in [1.54, 1.807) is 23.0 Å². The molecular formula is C14H12N8. The first kappa shape index (κ1) is 13.7. The summed E-state index contributed by atoms with van der Waals surface area (Å²) >= 11 is 0. The summed E-state index contributed by atoms with van der Waals surface area (Å²) in [4.78, 5) is 15.7. The van der Waals surface area contributed by atoms with Crippen molar-refractivity contribution < 1.29 is 0 Å². The van der Waals surface area contributed by atoms with Crippen LogP contribution in [-0.4, -0.2) is 24.7 Å². The fraction of sp³-hybridized carbons (Fsp3) is 0.143. The van der Waals surface area contributed by atoms with Crippen molar-refractivity contribution in [2.45, 2.75) is 13.8 Å². The molecule has 8 heteroatoms. The average Bonchev–Trinajstić information content (AvgIpc) is 2.87. The fourth-order valence-electron chi connectivity index (χ4n) is 2.10.